The molecule has 4 nitrogen and oxygen atoms in total. The maximum absolute atomic E-state index is 11.6. The maximum Gasteiger partial charge on any atom is 0.155 e. The van der Waals surface area contributed by atoms with Crippen LogP contribution in [0.1, 0.15) is 10.4 Å². The number of halogens is 1. The lowest BCUT2D eigenvalue weighted by atomic mass is 10.1. The fourth-order valence-corrected chi connectivity index (χ4v) is 2.81. The van der Waals surface area contributed by atoms with Crippen LogP contribution in [0.4, 0.5) is 11.4 Å². The molecule has 0 bridgehead atoms. The average Bonchev–Trinajstić information content (AvgIpc) is 2.60. The van der Waals surface area contributed by atoms with Gasteiger partial charge in [0.25, 0.3) is 0 Å². The Morgan fingerprint density at radius 3 is 2.57 bits per heavy atom. The number of methoxy groups -OCH3 is 1. The van der Waals surface area contributed by atoms with E-state index in [2.05, 4.69) is 4.98 Å². The number of fused-ring (bicyclic) bond motifs is 1. The molecule has 0 radical (unpaired) electrons. The number of benzene rings is 2. The van der Waals surface area contributed by atoms with E-state index >= 15 is 0 Å². The van der Waals surface area contributed by atoms with Gasteiger partial charge in [-0.25, -0.2) is 4.98 Å². The van der Waals surface area contributed by atoms with Crippen LogP contribution in [-0.2, 0) is 0 Å². The van der Waals surface area contributed by atoms with E-state index in [9.17, 15) is 4.79 Å². The van der Waals surface area contributed by atoms with Crippen molar-refractivity contribution in [3.63, 3.8) is 0 Å². The second-order valence-corrected chi connectivity index (χ2v) is 5.42. The number of aldehydes is 1. The van der Waals surface area contributed by atoms with E-state index in [1.165, 1.54) is 0 Å². The second kappa shape index (κ2) is 6.26. The molecule has 0 fully saturated rings. The van der Waals surface area contributed by atoms with Gasteiger partial charge >= 0.3 is 0 Å². The van der Waals surface area contributed by atoms with Crippen molar-refractivity contribution in [1.82, 2.24) is 4.98 Å². The van der Waals surface area contributed by atoms with Gasteiger partial charge in [0.1, 0.15) is 10.9 Å². The lowest BCUT2D eigenvalue weighted by molar-refractivity contribution is 0.112. The van der Waals surface area contributed by atoms with Crippen molar-refractivity contribution in [3.05, 3.63) is 59.2 Å². The quantitative estimate of drug-likeness (QED) is 0.524. The molecule has 5 heteroatoms. The van der Waals surface area contributed by atoms with Gasteiger partial charge in [-0.2, -0.15) is 0 Å². The molecule has 0 spiro atoms. The van der Waals surface area contributed by atoms with Gasteiger partial charge in [-0.1, -0.05) is 29.8 Å². The normalized spacial score (nSPS) is 10.6. The lowest BCUT2D eigenvalue weighted by Crippen LogP contribution is -2.13. The van der Waals surface area contributed by atoms with E-state index < -0.39 is 0 Å². The van der Waals surface area contributed by atoms with Crippen LogP contribution in [0.2, 0.25) is 5.15 Å². The highest BCUT2D eigenvalue weighted by atomic mass is 35.5. The summed E-state index contributed by atoms with van der Waals surface area (Å²) in [6, 6.07) is 15.3. The molecule has 0 saturated carbocycles. The van der Waals surface area contributed by atoms with E-state index in [0.717, 1.165) is 17.4 Å². The zero-order valence-electron chi connectivity index (χ0n) is 12.8. The molecule has 0 aliphatic carbocycles. The fraction of sp³-hybridized carbons (Fsp3) is 0.111. The van der Waals surface area contributed by atoms with Crippen LogP contribution in [0.3, 0.4) is 0 Å². The Morgan fingerprint density at radius 2 is 1.91 bits per heavy atom. The predicted molar refractivity (Wildman–Crippen MR) is 93.2 cm³/mol. The largest absolute Gasteiger partial charge is 0.497 e. The third-order valence-electron chi connectivity index (χ3n) is 3.75. The average molecular weight is 327 g/mol. The number of anilines is 2. The molecular weight excluding hydrogens is 312 g/mol. The van der Waals surface area contributed by atoms with Gasteiger partial charge < -0.3 is 9.64 Å². The molecule has 23 heavy (non-hydrogen) atoms. The number of hydrogen-bond donors (Lipinski definition) is 0. The molecule has 0 saturated heterocycles. The molecule has 0 atom stereocenters. The van der Waals surface area contributed by atoms with Crippen molar-refractivity contribution in [2.24, 2.45) is 0 Å². The van der Waals surface area contributed by atoms with Crippen molar-refractivity contribution < 1.29 is 9.53 Å². The number of nitrogens with zero attached hydrogens (tertiary/aromatic N) is 2. The number of ether oxygens (including phenoxy) is 1. The van der Waals surface area contributed by atoms with Crippen LogP contribution in [0.15, 0.2) is 48.5 Å². The first-order valence-electron chi connectivity index (χ1n) is 7.07. The molecule has 1 aromatic heterocycles. The van der Waals surface area contributed by atoms with Crippen molar-refractivity contribution in [2.45, 2.75) is 0 Å². The Hall–Kier alpha value is -2.59. The fourth-order valence-electron chi connectivity index (χ4n) is 2.58. The van der Waals surface area contributed by atoms with E-state index in [0.29, 0.717) is 22.5 Å². The van der Waals surface area contributed by atoms with Crippen LogP contribution in [0.25, 0.3) is 10.9 Å². The van der Waals surface area contributed by atoms with Gasteiger partial charge in [0, 0.05) is 18.1 Å². The van der Waals surface area contributed by atoms with E-state index in [-0.39, 0.29) is 5.15 Å². The van der Waals surface area contributed by atoms with Crippen LogP contribution in [-0.4, -0.2) is 25.4 Å². The summed E-state index contributed by atoms with van der Waals surface area (Å²) in [6.07, 6.45) is 0.739. The Morgan fingerprint density at radius 1 is 1.17 bits per heavy atom. The minimum atomic E-state index is 0.190. The monoisotopic (exact) mass is 326 g/mol. The summed E-state index contributed by atoms with van der Waals surface area (Å²) in [5, 5.41) is 0.998. The van der Waals surface area contributed by atoms with E-state index in [4.69, 9.17) is 16.3 Å². The molecular formula is C18H15ClN2O2. The molecule has 3 aromatic rings. The van der Waals surface area contributed by atoms with Crippen LogP contribution < -0.4 is 9.64 Å². The SMILES string of the molecule is COc1ccc2nc(Cl)c(C=O)c(N(C)c3ccccc3)c2c1. The number of rotatable bonds is 4. The van der Waals surface area contributed by atoms with Gasteiger partial charge in [0.15, 0.2) is 6.29 Å². The summed E-state index contributed by atoms with van der Waals surface area (Å²) in [5.41, 5.74) is 2.72. The first kappa shape index (κ1) is 15.3. The lowest BCUT2D eigenvalue weighted by Gasteiger charge is -2.23. The van der Waals surface area contributed by atoms with Crippen molar-refractivity contribution in [3.8, 4) is 5.75 Å². The third kappa shape index (κ3) is 2.73. The highest BCUT2D eigenvalue weighted by molar-refractivity contribution is 6.33. The number of hydrogen-bond acceptors (Lipinski definition) is 4. The molecule has 0 aliphatic heterocycles. The topological polar surface area (TPSA) is 42.4 Å². The van der Waals surface area contributed by atoms with Gasteiger partial charge in [-0.3, -0.25) is 4.79 Å². The summed E-state index contributed by atoms with van der Waals surface area (Å²) < 4.78 is 5.30. The summed E-state index contributed by atoms with van der Waals surface area (Å²) in [7, 11) is 3.50. The Bertz CT molecular complexity index is 866. The predicted octanol–water partition coefficient (Wildman–Crippen LogP) is 4.48. The van der Waals surface area contributed by atoms with Gasteiger partial charge in [-0.05, 0) is 30.3 Å². The first-order chi connectivity index (χ1) is 11.2. The van der Waals surface area contributed by atoms with Crippen LogP contribution in [0.5, 0.6) is 5.75 Å². The first-order valence-corrected chi connectivity index (χ1v) is 7.44. The highest BCUT2D eigenvalue weighted by Gasteiger charge is 2.18. The molecule has 1 heterocycles. The zero-order valence-corrected chi connectivity index (χ0v) is 13.5. The molecule has 3 rings (SSSR count). The summed E-state index contributed by atoms with van der Waals surface area (Å²) in [6.45, 7) is 0. The summed E-state index contributed by atoms with van der Waals surface area (Å²) in [5.74, 6) is 0.696. The number of pyridine rings is 1. The molecule has 0 amide bonds. The van der Waals surface area contributed by atoms with E-state index in [1.54, 1.807) is 7.11 Å². The molecule has 0 aliphatic rings. The molecule has 2 aromatic carbocycles. The Labute approximate surface area is 139 Å². The van der Waals surface area contributed by atoms with Crippen LogP contribution in [0, 0.1) is 0 Å². The number of carbonyl (C=O) groups excluding carboxylic acids is 1. The van der Waals surface area contributed by atoms with Crippen LogP contribution >= 0.6 is 11.6 Å². The number of aromatic nitrogens is 1. The van der Waals surface area contributed by atoms with Gasteiger partial charge in [-0.15, -0.1) is 0 Å². The highest BCUT2D eigenvalue weighted by Crippen LogP contribution is 2.37. The number of para-hydroxylation sites is 1. The Kier molecular flexibility index (Phi) is 4.17. The Balaban J connectivity index is 2.33. The van der Waals surface area contributed by atoms with E-state index in [1.807, 2.05) is 60.5 Å². The molecule has 116 valence electrons. The smallest absolute Gasteiger partial charge is 0.155 e. The summed E-state index contributed by atoms with van der Waals surface area (Å²) in [4.78, 5) is 17.8. The van der Waals surface area contributed by atoms with Crippen molar-refractivity contribution in [1.29, 1.82) is 0 Å². The number of carbonyl (C=O) groups is 1. The second-order valence-electron chi connectivity index (χ2n) is 5.06. The molecule has 0 N–H and O–H groups in total. The third-order valence-corrected chi connectivity index (χ3v) is 4.04. The zero-order chi connectivity index (χ0) is 16.4. The van der Waals surface area contributed by atoms with Crippen molar-refractivity contribution >= 4 is 40.2 Å². The summed E-state index contributed by atoms with van der Waals surface area (Å²) >= 11 is 6.21. The van der Waals surface area contributed by atoms with Gasteiger partial charge in [0.2, 0.25) is 0 Å². The molecule has 0 unspecified atom stereocenters. The van der Waals surface area contributed by atoms with Crippen molar-refractivity contribution in [2.75, 3.05) is 19.1 Å². The standard InChI is InChI=1S/C18H15ClN2O2/c1-21(12-6-4-3-5-7-12)17-14-10-13(23-2)8-9-16(14)20-18(19)15(17)11-22/h3-11H,1-2H3. The maximum atomic E-state index is 11.6. The minimum absolute atomic E-state index is 0.190. The minimum Gasteiger partial charge on any atom is -0.497 e. The van der Waals surface area contributed by atoms with Gasteiger partial charge in [0.05, 0.1) is 23.9 Å².